The minimum Gasteiger partial charge on any atom is -0.275 e. The van der Waals surface area contributed by atoms with Crippen molar-refractivity contribution >= 4 is 0 Å². The highest BCUT2D eigenvalue weighted by atomic mass is 15.3. The summed E-state index contributed by atoms with van der Waals surface area (Å²) in [7, 11) is 3.95. The Bertz CT molecular complexity index is 1490. The highest BCUT2D eigenvalue weighted by molar-refractivity contribution is 5.84. The van der Waals surface area contributed by atoms with Crippen molar-refractivity contribution in [1.82, 2.24) is 39.3 Å². The zero-order valence-electron chi connectivity index (χ0n) is 19.6. The minimum absolute atomic E-state index is 0.616. The van der Waals surface area contributed by atoms with E-state index in [1.807, 2.05) is 59.0 Å². The molecule has 0 spiro atoms. The molecule has 6 rings (SSSR count). The number of benzene rings is 1. The standard InChI is InChI=1S/C26H26N8/c1-4-34-12-11-21(30-34)13-23-27-14-19-9-10-22-24(25(19)29-23)26(33(3)31-22)18-7-5-17(6-8-18)20-15-28-32(2)16-20/h5-8,11-12,14-16H,4,9-10,13H2,1-3H3. The third kappa shape index (κ3) is 3.51. The average Bonchev–Trinajstić information content (AvgIpc) is 3.57. The van der Waals surface area contributed by atoms with E-state index in [9.17, 15) is 0 Å². The lowest BCUT2D eigenvalue weighted by atomic mass is 9.91. The number of aromatic nitrogens is 8. The summed E-state index contributed by atoms with van der Waals surface area (Å²) in [6.45, 7) is 2.94. The molecule has 0 saturated heterocycles. The van der Waals surface area contributed by atoms with Gasteiger partial charge < -0.3 is 0 Å². The molecule has 1 aliphatic rings. The molecule has 0 atom stereocenters. The van der Waals surface area contributed by atoms with E-state index >= 15 is 0 Å². The maximum Gasteiger partial charge on any atom is 0.134 e. The highest BCUT2D eigenvalue weighted by Gasteiger charge is 2.27. The summed E-state index contributed by atoms with van der Waals surface area (Å²) in [4.78, 5) is 9.68. The highest BCUT2D eigenvalue weighted by Crippen LogP contribution is 2.39. The van der Waals surface area contributed by atoms with Crippen LogP contribution in [0.15, 0.2) is 55.1 Å². The van der Waals surface area contributed by atoms with Crippen LogP contribution < -0.4 is 0 Å². The van der Waals surface area contributed by atoms with Crippen LogP contribution in [0.2, 0.25) is 0 Å². The van der Waals surface area contributed by atoms with E-state index in [0.717, 1.165) is 70.2 Å². The topological polar surface area (TPSA) is 79.2 Å². The Labute approximate surface area is 197 Å². The van der Waals surface area contributed by atoms with Gasteiger partial charge >= 0.3 is 0 Å². The van der Waals surface area contributed by atoms with Crippen molar-refractivity contribution in [3.63, 3.8) is 0 Å². The minimum atomic E-state index is 0.616. The number of nitrogens with zero attached hydrogens (tertiary/aromatic N) is 8. The summed E-state index contributed by atoms with van der Waals surface area (Å²) in [6.07, 6.45) is 10.3. The Kier molecular flexibility index (Phi) is 4.86. The van der Waals surface area contributed by atoms with E-state index in [1.54, 1.807) is 0 Å². The molecule has 8 nitrogen and oxygen atoms in total. The third-order valence-electron chi connectivity index (χ3n) is 6.46. The van der Waals surface area contributed by atoms with Gasteiger partial charge in [0, 0.05) is 55.9 Å². The molecule has 1 aliphatic carbocycles. The van der Waals surface area contributed by atoms with Crippen LogP contribution in [0.4, 0.5) is 0 Å². The van der Waals surface area contributed by atoms with Crippen molar-refractivity contribution in [1.29, 1.82) is 0 Å². The van der Waals surface area contributed by atoms with Gasteiger partial charge in [-0.05, 0) is 37.0 Å². The molecule has 0 N–H and O–H groups in total. The first-order chi connectivity index (χ1) is 16.6. The summed E-state index contributed by atoms with van der Waals surface area (Å²) in [5, 5.41) is 13.8. The van der Waals surface area contributed by atoms with Crippen LogP contribution in [0.3, 0.4) is 0 Å². The molecule has 0 radical (unpaired) electrons. The van der Waals surface area contributed by atoms with Gasteiger partial charge in [0.25, 0.3) is 0 Å². The number of hydrogen-bond acceptors (Lipinski definition) is 5. The SMILES string of the molecule is CCn1ccc(Cc2ncc3c(n2)-c2c(nn(C)c2-c2ccc(-c4cnn(C)c4)cc2)CC3)n1. The predicted octanol–water partition coefficient (Wildman–Crippen LogP) is 3.85. The van der Waals surface area contributed by atoms with Gasteiger partial charge in [-0.15, -0.1) is 0 Å². The molecule has 0 fully saturated rings. The molecule has 1 aromatic carbocycles. The Morgan fingerprint density at radius 3 is 2.47 bits per heavy atom. The van der Waals surface area contributed by atoms with Crippen LogP contribution in [-0.2, 0) is 39.9 Å². The molecule has 0 amide bonds. The molecule has 4 heterocycles. The van der Waals surface area contributed by atoms with Gasteiger partial charge in [-0.1, -0.05) is 24.3 Å². The normalized spacial score (nSPS) is 12.6. The van der Waals surface area contributed by atoms with Crippen LogP contribution in [0.5, 0.6) is 0 Å². The second kappa shape index (κ2) is 8.06. The van der Waals surface area contributed by atoms with Crippen LogP contribution in [0.25, 0.3) is 33.6 Å². The number of aryl methyl sites for hydroxylation is 5. The fraction of sp³-hybridized carbons (Fsp3) is 0.269. The van der Waals surface area contributed by atoms with Gasteiger partial charge in [0.2, 0.25) is 0 Å². The van der Waals surface area contributed by atoms with Gasteiger partial charge in [-0.25, -0.2) is 9.97 Å². The van der Waals surface area contributed by atoms with Gasteiger partial charge in [0.05, 0.1) is 35.4 Å². The van der Waals surface area contributed by atoms with Crippen molar-refractivity contribution in [2.24, 2.45) is 14.1 Å². The molecule has 34 heavy (non-hydrogen) atoms. The zero-order valence-corrected chi connectivity index (χ0v) is 19.6. The van der Waals surface area contributed by atoms with Crippen LogP contribution >= 0.6 is 0 Å². The van der Waals surface area contributed by atoms with E-state index < -0.39 is 0 Å². The fourth-order valence-electron chi connectivity index (χ4n) is 4.74. The summed E-state index contributed by atoms with van der Waals surface area (Å²) in [5.74, 6) is 0.787. The largest absolute Gasteiger partial charge is 0.275 e. The molecule has 170 valence electrons. The molecular formula is C26H26N8. The molecule has 0 aliphatic heterocycles. The average molecular weight is 451 g/mol. The van der Waals surface area contributed by atoms with E-state index in [0.29, 0.717) is 6.42 Å². The summed E-state index contributed by atoms with van der Waals surface area (Å²) in [5.41, 5.74) is 9.85. The smallest absolute Gasteiger partial charge is 0.134 e. The van der Waals surface area contributed by atoms with Crippen LogP contribution in [0.1, 0.15) is 29.7 Å². The molecule has 5 aromatic rings. The van der Waals surface area contributed by atoms with Crippen molar-refractivity contribution in [2.75, 3.05) is 0 Å². The Morgan fingerprint density at radius 2 is 1.74 bits per heavy atom. The van der Waals surface area contributed by atoms with Crippen molar-refractivity contribution in [2.45, 2.75) is 32.7 Å². The van der Waals surface area contributed by atoms with Gasteiger partial charge in [0.1, 0.15) is 5.82 Å². The third-order valence-corrected chi connectivity index (χ3v) is 6.46. The van der Waals surface area contributed by atoms with Crippen LogP contribution in [-0.4, -0.2) is 39.3 Å². The lowest BCUT2D eigenvalue weighted by Crippen LogP contribution is -2.09. The first kappa shape index (κ1) is 20.5. The summed E-state index contributed by atoms with van der Waals surface area (Å²) in [6, 6.07) is 10.6. The predicted molar refractivity (Wildman–Crippen MR) is 130 cm³/mol. The van der Waals surface area contributed by atoms with Gasteiger partial charge in [-0.3, -0.25) is 14.0 Å². The van der Waals surface area contributed by atoms with Crippen molar-refractivity contribution in [3.05, 3.63) is 77.9 Å². The molecular weight excluding hydrogens is 424 g/mol. The Balaban J connectivity index is 1.39. The summed E-state index contributed by atoms with van der Waals surface area (Å²) >= 11 is 0. The number of fused-ring (bicyclic) bond motifs is 3. The zero-order chi connectivity index (χ0) is 23.2. The molecule has 0 saturated carbocycles. The van der Waals surface area contributed by atoms with Crippen molar-refractivity contribution < 1.29 is 0 Å². The van der Waals surface area contributed by atoms with E-state index in [4.69, 9.17) is 10.1 Å². The van der Waals surface area contributed by atoms with Gasteiger partial charge in [0.15, 0.2) is 0 Å². The lowest BCUT2D eigenvalue weighted by Gasteiger charge is -2.16. The first-order valence-corrected chi connectivity index (χ1v) is 11.6. The second-order valence-corrected chi connectivity index (χ2v) is 8.77. The monoisotopic (exact) mass is 450 g/mol. The van der Waals surface area contributed by atoms with E-state index in [2.05, 4.69) is 46.4 Å². The summed E-state index contributed by atoms with van der Waals surface area (Å²) < 4.78 is 5.74. The number of rotatable bonds is 5. The molecule has 8 heteroatoms. The quantitative estimate of drug-likeness (QED) is 0.406. The fourth-order valence-corrected chi connectivity index (χ4v) is 4.74. The maximum absolute atomic E-state index is 5.03. The molecule has 0 bridgehead atoms. The Morgan fingerprint density at radius 1 is 0.912 bits per heavy atom. The van der Waals surface area contributed by atoms with E-state index in [-0.39, 0.29) is 0 Å². The first-order valence-electron chi connectivity index (χ1n) is 11.6. The number of hydrogen-bond donors (Lipinski definition) is 0. The van der Waals surface area contributed by atoms with Crippen molar-refractivity contribution in [3.8, 4) is 33.6 Å². The molecule has 0 unspecified atom stereocenters. The molecule has 4 aromatic heterocycles. The van der Waals surface area contributed by atoms with E-state index in [1.165, 1.54) is 5.56 Å². The maximum atomic E-state index is 5.03. The van der Waals surface area contributed by atoms with Crippen LogP contribution in [0, 0.1) is 0 Å². The van der Waals surface area contributed by atoms with Gasteiger partial charge in [-0.2, -0.15) is 15.3 Å². The second-order valence-electron chi connectivity index (χ2n) is 8.77. The Hall–Kier alpha value is -4.07. The lowest BCUT2D eigenvalue weighted by molar-refractivity contribution is 0.648.